The summed E-state index contributed by atoms with van der Waals surface area (Å²) in [4.78, 5) is 41.5. The van der Waals surface area contributed by atoms with Crippen LogP contribution in [0, 0.1) is 0 Å². The minimum atomic E-state index is -0.545. The first-order valence-electron chi connectivity index (χ1n) is 15.5. The monoisotopic (exact) mass is 661 g/mol. The molecule has 6 N–H and O–H groups in total. The molecule has 0 bridgehead atoms. The highest BCUT2D eigenvalue weighted by Gasteiger charge is 2.22. The zero-order chi connectivity index (χ0) is 35.3. The van der Waals surface area contributed by atoms with Gasteiger partial charge in [0.05, 0.1) is 32.0 Å². The topological polar surface area (TPSA) is 168 Å². The van der Waals surface area contributed by atoms with E-state index in [0.717, 1.165) is 21.9 Å². The Morgan fingerprint density at radius 3 is 2.20 bits per heavy atom. The van der Waals surface area contributed by atoms with Crippen LogP contribution in [0.1, 0.15) is 53.5 Å². The van der Waals surface area contributed by atoms with E-state index >= 15 is 0 Å². The van der Waals surface area contributed by atoms with Gasteiger partial charge in [-0.15, -0.1) is 0 Å². The lowest BCUT2D eigenvalue weighted by Gasteiger charge is -2.23. The summed E-state index contributed by atoms with van der Waals surface area (Å²) in [6, 6.07) is 23.0. The minimum absolute atomic E-state index is 0.0360. The predicted octanol–water partition coefficient (Wildman–Crippen LogP) is 6.70. The van der Waals surface area contributed by atoms with Crippen LogP contribution in [0.3, 0.4) is 0 Å². The van der Waals surface area contributed by atoms with Crippen LogP contribution in [0.4, 0.5) is 16.2 Å². The summed E-state index contributed by atoms with van der Waals surface area (Å²) in [7, 11) is 3.01. The number of urea groups is 1. The van der Waals surface area contributed by atoms with Gasteiger partial charge in [-0.05, 0) is 59.0 Å². The van der Waals surface area contributed by atoms with Crippen LogP contribution in [0.25, 0.3) is 10.8 Å². The molecular weight excluding hydrogens is 622 g/mol. The van der Waals surface area contributed by atoms with Gasteiger partial charge in [0.1, 0.15) is 23.0 Å². The van der Waals surface area contributed by atoms with Crippen LogP contribution in [-0.2, 0) is 23.1 Å². The average Bonchev–Trinajstić information content (AvgIpc) is 3.05. The highest BCUT2D eigenvalue weighted by Crippen LogP contribution is 2.37. The fourth-order valence-electron chi connectivity index (χ4n) is 5.50. The lowest BCUT2D eigenvalue weighted by Crippen LogP contribution is -2.22. The first-order chi connectivity index (χ1) is 23.3. The van der Waals surface area contributed by atoms with Crippen molar-refractivity contribution in [2.24, 2.45) is 11.5 Å². The molecule has 49 heavy (non-hydrogen) atoms. The van der Waals surface area contributed by atoms with Crippen molar-refractivity contribution in [3.63, 3.8) is 0 Å². The summed E-state index contributed by atoms with van der Waals surface area (Å²) in [5, 5.41) is 7.37. The molecule has 0 saturated heterocycles. The number of nitrogens with two attached hydrogens (primary N) is 2. The number of anilines is 2. The van der Waals surface area contributed by atoms with Crippen molar-refractivity contribution in [3.8, 4) is 23.0 Å². The zero-order valence-corrected chi connectivity index (χ0v) is 28.0. The highest BCUT2D eigenvalue weighted by atomic mass is 16.5. The standard InChI is InChI=1S/C38H39N5O6/c1-38(2,3)25-17-23(19-34(39)44)35(48-5)32(20-25)43-37(46)42-31-10-11-33(30-9-7-6-8-29(30)31)49-27-12-13-41-26(21-27)15-22-14-24(36(40)45)18-28(16-22)47-4/h6-14,16-18,20-21H,15,19H2,1-5H3,(H2,39,44)(H2,40,45)(H2,42,43,46). The molecule has 252 valence electrons. The Bertz CT molecular complexity index is 2050. The van der Waals surface area contributed by atoms with Crippen molar-refractivity contribution in [2.45, 2.75) is 39.0 Å². The molecule has 11 heteroatoms. The molecule has 1 heterocycles. The van der Waals surface area contributed by atoms with E-state index in [2.05, 4.69) is 15.6 Å². The van der Waals surface area contributed by atoms with E-state index in [1.165, 1.54) is 14.2 Å². The average molecular weight is 662 g/mol. The first-order valence-corrected chi connectivity index (χ1v) is 15.5. The van der Waals surface area contributed by atoms with Gasteiger partial charge in [0.15, 0.2) is 0 Å². The third-order valence-electron chi connectivity index (χ3n) is 7.87. The lowest BCUT2D eigenvalue weighted by atomic mass is 9.85. The van der Waals surface area contributed by atoms with Crippen LogP contribution in [-0.4, -0.2) is 37.0 Å². The van der Waals surface area contributed by atoms with Gasteiger partial charge in [0, 0.05) is 46.3 Å². The van der Waals surface area contributed by atoms with Gasteiger partial charge in [0.2, 0.25) is 11.8 Å². The smallest absolute Gasteiger partial charge is 0.323 e. The Hall–Kier alpha value is -6.10. The van der Waals surface area contributed by atoms with Crippen LogP contribution in [0.5, 0.6) is 23.0 Å². The molecule has 4 amide bonds. The number of carbonyl (C=O) groups excluding carboxylic acids is 3. The highest BCUT2D eigenvalue weighted by molar-refractivity contribution is 6.08. The van der Waals surface area contributed by atoms with Crippen molar-refractivity contribution < 1.29 is 28.6 Å². The molecule has 5 rings (SSSR count). The number of benzene rings is 4. The summed E-state index contributed by atoms with van der Waals surface area (Å²) in [6.45, 7) is 6.12. The van der Waals surface area contributed by atoms with E-state index in [9.17, 15) is 14.4 Å². The molecule has 0 spiro atoms. The maximum Gasteiger partial charge on any atom is 0.323 e. The van der Waals surface area contributed by atoms with Crippen LogP contribution >= 0.6 is 0 Å². The number of hydrogen-bond acceptors (Lipinski definition) is 7. The zero-order valence-electron chi connectivity index (χ0n) is 28.0. The maximum absolute atomic E-state index is 13.4. The third kappa shape index (κ3) is 8.25. The molecule has 0 saturated carbocycles. The summed E-state index contributed by atoms with van der Waals surface area (Å²) in [6.07, 6.45) is 2.03. The molecule has 0 aliphatic heterocycles. The number of hydrogen-bond donors (Lipinski definition) is 4. The number of amides is 4. The quantitative estimate of drug-likeness (QED) is 0.122. The molecule has 0 radical (unpaired) electrons. The van der Waals surface area contributed by atoms with Crippen molar-refractivity contribution in [1.29, 1.82) is 0 Å². The summed E-state index contributed by atoms with van der Waals surface area (Å²) in [5.74, 6) is 0.976. The fourth-order valence-corrected chi connectivity index (χ4v) is 5.50. The molecule has 4 aromatic carbocycles. The number of aromatic nitrogens is 1. The maximum atomic E-state index is 13.4. The number of methoxy groups -OCH3 is 2. The summed E-state index contributed by atoms with van der Waals surface area (Å²) < 4.78 is 17.3. The Kier molecular flexibility index (Phi) is 10.0. The van der Waals surface area contributed by atoms with Crippen molar-refractivity contribution in [1.82, 2.24) is 4.98 Å². The van der Waals surface area contributed by atoms with Gasteiger partial charge in [-0.3, -0.25) is 14.6 Å². The number of rotatable bonds is 11. The Morgan fingerprint density at radius 2 is 1.53 bits per heavy atom. The van der Waals surface area contributed by atoms with E-state index in [1.54, 1.807) is 36.5 Å². The Labute approximate surface area is 284 Å². The van der Waals surface area contributed by atoms with Crippen molar-refractivity contribution in [3.05, 3.63) is 113 Å². The normalized spacial score (nSPS) is 11.1. The van der Waals surface area contributed by atoms with Gasteiger partial charge in [0.25, 0.3) is 0 Å². The second kappa shape index (κ2) is 14.3. The van der Waals surface area contributed by atoms with E-state index < -0.39 is 17.8 Å². The number of nitrogens with one attached hydrogen (secondary N) is 2. The molecule has 0 aliphatic rings. The van der Waals surface area contributed by atoms with Crippen LogP contribution < -0.4 is 36.3 Å². The van der Waals surface area contributed by atoms with Gasteiger partial charge < -0.3 is 36.3 Å². The predicted molar refractivity (Wildman–Crippen MR) is 190 cm³/mol. The number of carbonyl (C=O) groups is 3. The largest absolute Gasteiger partial charge is 0.497 e. The number of pyridine rings is 1. The first kappa shape index (κ1) is 34.2. The number of primary amides is 2. The van der Waals surface area contributed by atoms with Gasteiger partial charge in [-0.1, -0.05) is 51.1 Å². The van der Waals surface area contributed by atoms with E-state index in [-0.39, 0.29) is 11.8 Å². The molecule has 0 fully saturated rings. The van der Waals surface area contributed by atoms with Gasteiger partial charge >= 0.3 is 6.03 Å². The van der Waals surface area contributed by atoms with E-state index in [0.29, 0.717) is 57.6 Å². The summed E-state index contributed by atoms with van der Waals surface area (Å²) in [5.41, 5.74) is 15.1. The lowest BCUT2D eigenvalue weighted by molar-refractivity contribution is -0.117. The van der Waals surface area contributed by atoms with Crippen LogP contribution in [0.15, 0.2) is 85.1 Å². The van der Waals surface area contributed by atoms with Crippen molar-refractivity contribution in [2.75, 3.05) is 24.9 Å². The second-order valence-corrected chi connectivity index (χ2v) is 12.5. The molecule has 0 aliphatic carbocycles. The molecule has 1 aromatic heterocycles. The summed E-state index contributed by atoms with van der Waals surface area (Å²) >= 11 is 0. The molecule has 0 unspecified atom stereocenters. The molecule has 0 atom stereocenters. The number of nitrogens with zero attached hydrogens (tertiary/aromatic N) is 1. The Balaban J connectivity index is 1.39. The number of ether oxygens (including phenoxy) is 3. The molecule has 11 nitrogen and oxygen atoms in total. The SMILES string of the molecule is COc1cc(Cc2cc(Oc3ccc(NC(=O)Nc4cc(C(C)(C)C)cc(CC(N)=O)c4OC)c4ccccc34)ccn2)cc(C(N)=O)c1. The van der Waals surface area contributed by atoms with E-state index in [4.69, 9.17) is 25.7 Å². The van der Waals surface area contributed by atoms with E-state index in [1.807, 2.05) is 69.3 Å². The minimum Gasteiger partial charge on any atom is -0.497 e. The van der Waals surface area contributed by atoms with Crippen LogP contribution in [0.2, 0.25) is 0 Å². The second-order valence-electron chi connectivity index (χ2n) is 12.5. The number of fused-ring (bicyclic) bond motifs is 1. The fraction of sp³-hybridized carbons (Fsp3) is 0.211. The third-order valence-corrected chi connectivity index (χ3v) is 7.87. The van der Waals surface area contributed by atoms with Gasteiger partial charge in [-0.2, -0.15) is 0 Å². The molecular formula is C38H39N5O6. The van der Waals surface area contributed by atoms with Crippen molar-refractivity contribution >= 4 is 40.0 Å². The Morgan fingerprint density at radius 1 is 0.796 bits per heavy atom. The molecule has 5 aromatic rings. The van der Waals surface area contributed by atoms with Gasteiger partial charge in [-0.25, -0.2) is 4.79 Å².